The third kappa shape index (κ3) is 4.54. The molecule has 0 bridgehead atoms. The molecule has 0 saturated heterocycles. The zero-order valence-corrected chi connectivity index (χ0v) is 11.3. The molecule has 0 aromatic rings. The largest absolute Gasteiger partial charge is 0.481 e. The number of esters is 2. The topological polar surface area (TPSA) is 89.9 Å². The Morgan fingerprint density at radius 1 is 1.11 bits per heavy atom. The Morgan fingerprint density at radius 3 is 2.26 bits per heavy atom. The van der Waals surface area contributed by atoms with E-state index in [4.69, 9.17) is 14.6 Å². The lowest BCUT2D eigenvalue weighted by Crippen LogP contribution is -2.28. The van der Waals surface area contributed by atoms with Gasteiger partial charge in [-0.25, -0.2) is 0 Å². The molecule has 6 heteroatoms. The zero-order valence-electron chi connectivity index (χ0n) is 11.3. The molecule has 0 spiro atoms. The molecule has 0 aromatic heterocycles. The molecule has 6 nitrogen and oxygen atoms in total. The van der Waals surface area contributed by atoms with Gasteiger partial charge in [-0.15, -0.1) is 0 Å². The smallest absolute Gasteiger partial charge is 0.309 e. The van der Waals surface area contributed by atoms with Crippen molar-refractivity contribution in [3.63, 3.8) is 0 Å². The van der Waals surface area contributed by atoms with Gasteiger partial charge in [-0.05, 0) is 12.8 Å². The predicted octanol–water partition coefficient (Wildman–Crippen LogP) is 1.23. The van der Waals surface area contributed by atoms with Crippen LogP contribution in [0, 0.1) is 17.8 Å². The van der Waals surface area contributed by atoms with Crippen molar-refractivity contribution >= 4 is 17.9 Å². The van der Waals surface area contributed by atoms with E-state index in [0.717, 1.165) is 6.42 Å². The van der Waals surface area contributed by atoms with Crippen molar-refractivity contribution in [1.29, 1.82) is 0 Å². The van der Waals surface area contributed by atoms with Crippen LogP contribution in [0.15, 0.2) is 0 Å². The Morgan fingerprint density at radius 2 is 1.68 bits per heavy atom. The predicted molar refractivity (Wildman–Crippen MR) is 65.2 cm³/mol. The van der Waals surface area contributed by atoms with Crippen LogP contribution in [0.5, 0.6) is 0 Å². The maximum absolute atomic E-state index is 11.7. The van der Waals surface area contributed by atoms with Crippen LogP contribution in [0.1, 0.15) is 33.1 Å². The highest BCUT2D eigenvalue weighted by molar-refractivity contribution is 5.81. The number of carbonyl (C=O) groups is 3. The standard InChI is InChI=1S/C13H20O6/c1-8(2)12(16)18-6-7-19-13(17)10-5-3-4-9(10)11(14)15/h8-10H,3-7H2,1-2H3,(H,14,15). The molecule has 0 aromatic carbocycles. The molecule has 1 saturated carbocycles. The molecule has 1 aliphatic carbocycles. The van der Waals surface area contributed by atoms with Crippen LogP contribution in [0.4, 0.5) is 0 Å². The second kappa shape index (κ2) is 7.11. The fourth-order valence-electron chi connectivity index (χ4n) is 2.10. The summed E-state index contributed by atoms with van der Waals surface area (Å²) in [5.41, 5.74) is 0. The quantitative estimate of drug-likeness (QED) is 0.577. The summed E-state index contributed by atoms with van der Waals surface area (Å²) in [4.78, 5) is 33.8. The molecule has 0 heterocycles. The van der Waals surface area contributed by atoms with E-state index in [9.17, 15) is 14.4 Å². The summed E-state index contributed by atoms with van der Waals surface area (Å²) in [6, 6.07) is 0. The number of rotatable bonds is 6. The van der Waals surface area contributed by atoms with Crippen molar-refractivity contribution in [1.82, 2.24) is 0 Å². The SMILES string of the molecule is CC(C)C(=O)OCCOC(=O)C1CCCC1C(=O)O. The van der Waals surface area contributed by atoms with E-state index in [2.05, 4.69) is 0 Å². The van der Waals surface area contributed by atoms with Crippen molar-refractivity contribution in [3.05, 3.63) is 0 Å². The third-order valence-electron chi connectivity index (χ3n) is 3.18. The molecule has 0 amide bonds. The summed E-state index contributed by atoms with van der Waals surface area (Å²) in [6.45, 7) is 3.40. The number of aliphatic carboxylic acids is 1. The number of hydrogen-bond acceptors (Lipinski definition) is 5. The van der Waals surface area contributed by atoms with Crippen LogP contribution in [0.3, 0.4) is 0 Å². The van der Waals surface area contributed by atoms with Gasteiger partial charge in [0.2, 0.25) is 0 Å². The Kier molecular flexibility index (Phi) is 5.79. The van der Waals surface area contributed by atoms with E-state index < -0.39 is 23.8 Å². The first-order chi connectivity index (χ1) is 8.93. The van der Waals surface area contributed by atoms with Gasteiger partial charge in [-0.1, -0.05) is 20.3 Å². The second-order valence-electron chi connectivity index (χ2n) is 4.97. The maximum atomic E-state index is 11.7. The molecule has 108 valence electrons. The fraction of sp³-hybridized carbons (Fsp3) is 0.769. The Hall–Kier alpha value is -1.59. The molecule has 0 radical (unpaired) electrons. The lowest BCUT2D eigenvalue weighted by Gasteiger charge is -2.14. The maximum Gasteiger partial charge on any atom is 0.309 e. The van der Waals surface area contributed by atoms with Crippen LogP contribution in [-0.4, -0.2) is 36.2 Å². The average Bonchev–Trinajstić information content (AvgIpc) is 2.83. The number of carboxylic acid groups (broad SMARTS) is 1. The number of carbonyl (C=O) groups excluding carboxylic acids is 2. The number of hydrogen-bond donors (Lipinski definition) is 1. The molecule has 1 N–H and O–H groups in total. The molecule has 1 rings (SSSR count). The summed E-state index contributed by atoms with van der Waals surface area (Å²) in [5.74, 6) is -3.25. The molecular weight excluding hydrogens is 252 g/mol. The van der Waals surface area contributed by atoms with Gasteiger partial charge in [-0.2, -0.15) is 0 Å². The third-order valence-corrected chi connectivity index (χ3v) is 3.18. The summed E-state index contributed by atoms with van der Waals surface area (Å²) >= 11 is 0. The van der Waals surface area contributed by atoms with Crippen molar-refractivity contribution in [3.8, 4) is 0 Å². The van der Waals surface area contributed by atoms with Gasteiger partial charge >= 0.3 is 17.9 Å². The molecule has 1 fully saturated rings. The molecule has 0 aliphatic heterocycles. The highest BCUT2D eigenvalue weighted by atomic mass is 16.6. The second-order valence-corrected chi connectivity index (χ2v) is 4.97. The minimum Gasteiger partial charge on any atom is -0.481 e. The van der Waals surface area contributed by atoms with Gasteiger partial charge in [-0.3, -0.25) is 14.4 Å². The highest BCUT2D eigenvalue weighted by Gasteiger charge is 2.38. The first kappa shape index (κ1) is 15.5. The average molecular weight is 272 g/mol. The molecule has 2 unspecified atom stereocenters. The Bertz CT molecular complexity index is 349. The monoisotopic (exact) mass is 272 g/mol. The highest BCUT2D eigenvalue weighted by Crippen LogP contribution is 2.32. The summed E-state index contributed by atoms with van der Waals surface area (Å²) in [7, 11) is 0. The van der Waals surface area contributed by atoms with E-state index in [0.29, 0.717) is 12.8 Å². The van der Waals surface area contributed by atoms with Gasteiger partial charge in [0, 0.05) is 0 Å². The molecular formula is C13H20O6. The summed E-state index contributed by atoms with van der Waals surface area (Å²) in [6.07, 6.45) is 1.78. The van der Waals surface area contributed by atoms with Crippen molar-refractivity contribution in [2.45, 2.75) is 33.1 Å². The van der Waals surface area contributed by atoms with E-state index in [1.165, 1.54) is 0 Å². The minimum atomic E-state index is -0.953. The van der Waals surface area contributed by atoms with Crippen LogP contribution in [0.2, 0.25) is 0 Å². The Balaban J connectivity index is 2.28. The van der Waals surface area contributed by atoms with E-state index in [1.54, 1.807) is 13.8 Å². The Labute approximate surface area is 112 Å². The van der Waals surface area contributed by atoms with Crippen LogP contribution in [0.25, 0.3) is 0 Å². The van der Waals surface area contributed by atoms with Crippen molar-refractivity contribution < 1.29 is 29.0 Å². The van der Waals surface area contributed by atoms with E-state index >= 15 is 0 Å². The van der Waals surface area contributed by atoms with Gasteiger partial charge in [0.15, 0.2) is 0 Å². The first-order valence-electron chi connectivity index (χ1n) is 6.49. The van der Waals surface area contributed by atoms with Crippen molar-refractivity contribution in [2.75, 3.05) is 13.2 Å². The van der Waals surface area contributed by atoms with Crippen molar-refractivity contribution in [2.24, 2.45) is 17.8 Å². The van der Waals surface area contributed by atoms with Crippen LogP contribution in [-0.2, 0) is 23.9 Å². The minimum absolute atomic E-state index is 0.00715. The zero-order chi connectivity index (χ0) is 14.4. The molecule has 2 atom stereocenters. The normalized spacial score (nSPS) is 22.3. The van der Waals surface area contributed by atoms with Gasteiger partial charge in [0.25, 0.3) is 0 Å². The summed E-state index contributed by atoms with van der Waals surface area (Å²) in [5, 5.41) is 8.96. The van der Waals surface area contributed by atoms with Crippen LogP contribution >= 0.6 is 0 Å². The number of carboxylic acids is 1. The summed E-state index contributed by atoms with van der Waals surface area (Å²) < 4.78 is 9.82. The molecule has 1 aliphatic rings. The fourth-order valence-corrected chi connectivity index (χ4v) is 2.10. The van der Waals surface area contributed by atoms with Gasteiger partial charge in [0.1, 0.15) is 13.2 Å². The van der Waals surface area contributed by atoms with Gasteiger partial charge < -0.3 is 14.6 Å². The van der Waals surface area contributed by atoms with Crippen LogP contribution < -0.4 is 0 Å². The number of ether oxygens (including phenoxy) is 2. The molecule has 19 heavy (non-hydrogen) atoms. The lowest BCUT2D eigenvalue weighted by atomic mass is 9.96. The van der Waals surface area contributed by atoms with Gasteiger partial charge in [0.05, 0.1) is 17.8 Å². The van der Waals surface area contributed by atoms with E-state index in [1.807, 2.05) is 0 Å². The lowest BCUT2D eigenvalue weighted by molar-refractivity contribution is -0.160. The van der Waals surface area contributed by atoms with E-state index in [-0.39, 0.29) is 25.1 Å². The first-order valence-corrected chi connectivity index (χ1v) is 6.49.